The Morgan fingerprint density at radius 2 is 1.96 bits per heavy atom. The summed E-state index contributed by atoms with van der Waals surface area (Å²) in [6, 6.07) is 3.50. The molecule has 0 spiro atoms. The van der Waals surface area contributed by atoms with Gasteiger partial charge in [-0.25, -0.2) is 9.59 Å². The van der Waals surface area contributed by atoms with Crippen molar-refractivity contribution in [2.24, 2.45) is 5.73 Å². The van der Waals surface area contributed by atoms with Gasteiger partial charge in [0, 0.05) is 25.2 Å². The maximum atomic E-state index is 12.4. The van der Waals surface area contributed by atoms with E-state index in [1.807, 2.05) is 0 Å². The fourth-order valence-electron chi connectivity index (χ4n) is 1.90. The lowest BCUT2D eigenvalue weighted by molar-refractivity contribution is -0.384. The molecule has 0 unspecified atom stereocenters. The highest BCUT2D eigenvalue weighted by Crippen LogP contribution is 2.28. The van der Waals surface area contributed by atoms with Crippen molar-refractivity contribution in [3.63, 3.8) is 0 Å². The molecule has 1 amide bonds. The van der Waals surface area contributed by atoms with Crippen LogP contribution in [0, 0.1) is 10.1 Å². The predicted molar refractivity (Wildman–Crippen MR) is 87.1 cm³/mol. The number of rotatable bonds is 5. The van der Waals surface area contributed by atoms with Gasteiger partial charge in [0.05, 0.1) is 23.3 Å². The van der Waals surface area contributed by atoms with Crippen LogP contribution in [0.3, 0.4) is 0 Å². The first kappa shape index (κ1) is 19.4. The first-order chi connectivity index (χ1) is 11.1. The van der Waals surface area contributed by atoms with Crippen LogP contribution in [0.1, 0.15) is 31.1 Å². The zero-order valence-electron chi connectivity index (χ0n) is 14.1. The van der Waals surface area contributed by atoms with Gasteiger partial charge in [0.2, 0.25) is 0 Å². The van der Waals surface area contributed by atoms with Crippen LogP contribution in [-0.2, 0) is 9.47 Å². The smallest absolute Gasteiger partial charge is 0.414 e. The molecule has 9 nitrogen and oxygen atoms in total. The first-order valence-electron chi connectivity index (χ1n) is 7.18. The molecule has 0 aliphatic carbocycles. The third-order valence-electron chi connectivity index (χ3n) is 2.85. The van der Waals surface area contributed by atoms with Gasteiger partial charge in [-0.15, -0.1) is 0 Å². The Labute approximate surface area is 139 Å². The van der Waals surface area contributed by atoms with Crippen LogP contribution < -0.4 is 10.6 Å². The highest BCUT2D eigenvalue weighted by molar-refractivity contribution is 6.01. The molecule has 0 aliphatic heterocycles. The summed E-state index contributed by atoms with van der Waals surface area (Å²) in [5.74, 6) is -0.731. The van der Waals surface area contributed by atoms with Gasteiger partial charge in [0.25, 0.3) is 5.69 Å². The third-order valence-corrected chi connectivity index (χ3v) is 2.85. The first-order valence-corrected chi connectivity index (χ1v) is 7.18. The van der Waals surface area contributed by atoms with Crippen LogP contribution >= 0.6 is 0 Å². The molecule has 0 saturated heterocycles. The van der Waals surface area contributed by atoms with Crippen molar-refractivity contribution < 1.29 is 24.0 Å². The monoisotopic (exact) mass is 339 g/mol. The number of carbonyl (C=O) groups is 2. The molecule has 0 fully saturated rings. The van der Waals surface area contributed by atoms with E-state index in [0.29, 0.717) is 0 Å². The summed E-state index contributed by atoms with van der Waals surface area (Å²) < 4.78 is 9.95. The number of ether oxygens (including phenoxy) is 2. The van der Waals surface area contributed by atoms with Crippen molar-refractivity contribution in [2.45, 2.75) is 26.4 Å². The summed E-state index contributed by atoms with van der Waals surface area (Å²) in [5.41, 5.74) is 4.48. The molecule has 1 aromatic carbocycles. The number of benzene rings is 1. The number of carbonyl (C=O) groups excluding carboxylic acids is 2. The fourth-order valence-corrected chi connectivity index (χ4v) is 1.90. The minimum atomic E-state index is -0.782. The number of methoxy groups -OCH3 is 1. The Bertz CT molecular complexity index is 639. The molecule has 0 aromatic heterocycles. The van der Waals surface area contributed by atoms with E-state index < -0.39 is 22.6 Å². The van der Waals surface area contributed by atoms with Gasteiger partial charge in [-0.1, -0.05) is 0 Å². The van der Waals surface area contributed by atoms with Crippen molar-refractivity contribution in [3.8, 4) is 0 Å². The standard InChI is InChI=1S/C15H21N3O6/c1-15(2,3)24-14(20)17(8-7-16)12-9-10(18(21)22)5-6-11(12)13(19)23-4/h5-6,9H,7-8,16H2,1-4H3. The lowest BCUT2D eigenvalue weighted by Gasteiger charge is -2.28. The Morgan fingerprint density at radius 1 is 1.33 bits per heavy atom. The molecule has 9 heteroatoms. The Morgan fingerprint density at radius 3 is 2.42 bits per heavy atom. The largest absolute Gasteiger partial charge is 0.465 e. The lowest BCUT2D eigenvalue weighted by Crippen LogP contribution is -2.40. The number of esters is 1. The van der Waals surface area contributed by atoms with Gasteiger partial charge < -0.3 is 15.2 Å². The second-order valence-electron chi connectivity index (χ2n) is 5.87. The van der Waals surface area contributed by atoms with Crippen LogP contribution in [0.4, 0.5) is 16.2 Å². The molecule has 2 N–H and O–H groups in total. The average molecular weight is 339 g/mol. The van der Waals surface area contributed by atoms with E-state index in [9.17, 15) is 19.7 Å². The van der Waals surface area contributed by atoms with Gasteiger partial charge in [0.15, 0.2) is 0 Å². The summed E-state index contributed by atoms with van der Waals surface area (Å²) in [4.78, 5) is 35.8. The number of non-ortho nitro benzene ring substituents is 1. The molecule has 0 aliphatic rings. The van der Waals surface area contributed by atoms with Crippen LogP contribution in [0.2, 0.25) is 0 Å². The van der Waals surface area contributed by atoms with Crippen molar-refractivity contribution in [3.05, 3.63) is 33.9 Å². The molecule has 0 heterocycles. The second kappa shape index (κ2) is 7.73. The van der Waals surface area contributed by atoms with Gasteiger partial charge in [-0.05, 0) is 26.8 Å². The Hall–Kier alpha value is -2.68. The quantitative estimate of drug-likeness (QED) is 0.494. The highest BCUT2D eigenvalue weighted by Gasteiger charge is 2.28. The molecular weight excluding hydrogens is 318 g/mol. The topological polar surface area (TPSA) is 125 Å². The molecule has 1 aromatic rings. The molecular formula is C15H21N3O6. The van der Waals surface area contributed by atoms with Gasteiger partial charge in [-0.3, -0.25) is 15.0 Å². The molecule has 132 valence electrons. The summed E-state index contributed by atoms with van der Waals surface area (Å²) in [5, 5.41) is 11.0. The average Bonchev–Trinajstić information content (AvgIpc) is 2.49. The third kappa shape index (κ3) is 4.92. The number of nitrogens with two attached hydrogens (primary N) is 1. The van der Waals surface area contributed by atoms with E-state index in [1.54, 1.807) is 20.8 Å². The van der Waals surface area contributed by atoms with Crippen LogP contribution in [0.15, 0.2) is 18.2 Å². The SMILES string of the molecule is COC(=O)c1ccc([N+](=O)[O-])cc1N(CCN)C(=O)OC(C)(C)C. The number of nitrogens with zero attached hydrogens (tertiary/aromatic N) is 2. The van der Waals surface area contributed by atoms with E-state index in [-0.39, 0.29) is 30.0 Å². The summed E-state index contributed by atoms with van der Waals surface area (Å²) in [6.07, 6.45) is -0.765. The van der Waals surface area contributed by atoms with E-state index in [1.165, 1.54) is 13.2 Å². The van der Waals surface area contributed by atoms with Crippen molar-refractivity contribution >= 4 is 23.4 Å². The lowest BCUT2D eigenvalue weighted by atomic mass is 10.1. The van der Waals surface area contributed by atoms with Crippen LogP contribution in [0.5, 0.6) is 0 Å². The van der Waals surface area contributed by atoms with Crippen LogP contribution in [0.25, 0.3) is 0 Å². The minimum Gasteiger partial charge on any atom is -0.465 e. The maximum absolute atomic E-state index is 12.4. The number of nitro benzene ring substituents is 1. The molecule has 1 rings (SSSR count). The number of hydrogen-bond acceptors (Lipinski definition) is 7. The number of anilines is 1. The predicted octanol–water partition coefficient (Wildman–Crippen LogP) is 2.08. The van der Waals surface area contributed by atoms with Crippen molar-refractivity contribution in [2.75, 3.05) is 25.1 Å². The fraction of sp³-hybridized carbons (Fsp3) is 0.467. The molecule has 0 saturated carbocycles. The van der Waals surface area contributed by atoms with E-state index in [2.05, 4.69) is 4.74 Å². The zero-order valence-corrected chi connectivity index (χ0v) is 14.1. The van der Waals surface area contributed by atoms with Gasteiger partial charge in [-0.2, -0.15) is 0 Å². The Balaban J connectivity index is 3.43. The van der Waals surface area contributed by atoms with Gasteiger partial charge in [0.1, 0.15) is 5.60 Å². The van der Waals surface area contributed by atoms with E-state index >= 15 is 0 Å². The molecule has 0 bridgehead atoms. The number of amides is 1. The molecule has 0 atom stereocenters. The van der Waals surface area contributed by atoms with E-state index in [0.717, 1.165) is 17.0 Å². The summed E-state index contributed by atoms with van der Waals surface area (Å²) in [6.45, 7) is 5.13. The summed E-state index contributed by atoms with van der Waals surface area (Å²) >= 11 is 0. The van der Waals surface area contributed by atoms with Crippen molar-refractivity contribution in [1.82, 2.24) is 0 Å². The Kier molecular flexibility index (Phi) is 6.24. The van der Waals surface area contributed by atoms with Gasteiger partial charge >= 0.3 is 12.1 Å². The minimum absolute atomic E-state index is 0.00223. The zero-order chi connectivity index (χ0) is 18.5. The number of nitro groups is 1. The number of hydrogen-bond donors (Lipinski definition) is 1. The van der Waals surface area contributed by atoms with E-state index in [4.69, 9.17) is 10.5 Å². The van der Waals surface area contributed by atoms with Crippen LogP contribution in [-0.4, -0.2) is 42.8 Å². The molecule has 24 heavy (non-hydrogen) atoms. The summed E-state index contributed by atoms with van der Waals surface area (Å²) in [7, 11) is 1.17. The van der Waals surface area contributed by atoms with Crippen molar-refractivity contribution in [1.29, 1.82) is 0 Å². The highest BCUT2D eigenvalue weighted by atomic mass is 16.6. The second-order valence-corrected chi connectivity index (χ2v) is 5.87. The maximum Gasteiger partial charge on any atom is 0.414 e. The molecule has 0 radical (unpaired) electrons. The normalized spacial score (nSPS) is 10.9.